The largest absolute Gasteiger partial charge is 0.310 e. The number of aryl methyl sites for hydroxylation is 2. The minimum atomic E-state index is -0.721. The third kappa shape index (κ3) is 3.01. The molecule has 0 bridgehead atoms. The molecule has 1 amide bonds. The topological polar surface area (TPSA) is 46.9 Å². The Bertz CT molecular complexity index is 637. The van der Waals surface area contributed by atoms with Gasteiger partial charge in [-0.2, -0.15) is 5.10 Å². The van der Waals surface area contributed by atoms with Crippen LogP contribution in [0.4, 0.5) is 14.6 Å². The average Bonchev–Trinajstić information content (AvgIpc) is 2.74. The van der Waals surface area contributed by atoms with Crippen molar-refractivity contribution in [3.8, 4) is 0 Å². The van der Waals surface area contributed by atoms with Crippen LogP contribution in [0.1, 0.15) is 18.1 Å². The molecule has 1 heterocycles. The van der Waals surface area contributed by atoms with Crippen molar-refractivity contribution in [2.45, 2.75) is 26.8 Å². The van der Waals surface area contributed by atoms with Gasteiger partial charge in [0, 0.05) is 18.2 Å². The lowest BCUT2D eigenvalue weighted by Crippen LogP contribution is -2.18. The van der Waals surface area contributed by atoms with E-state index < -0.39 is 11.6 Å². The van der Waals surface area contributed by atoms with Gasteiger partial charge in [0.1, 0.15) is 17.5 Å². The predicted octanol–water partition coefficient (Wildman–Crippen LogP) is 2.67. The van der Waals surface area contributed by atoms with Gasteiger partial charge in [-0.3, -0.25) is 4.79 Å². The number of anilines is 1. The Hall–Kier alpha value is -2.24. The van der Waals surface area contributed by atoms with E-state index in [0.29, 0.717) is 12.4 Å². The highest BCUT2D eigenvalue weighted by atomic mass is 19.1. The van der Waals surface area contributed by atoms with E-state index in [0.717, 1.165) is 17.7 Å². The number of benzene rings is 1. The van der Waals surface area contributed by atoms with E-state index >= 15 is 0 Å². The summed E-state index contributed by atoms with van der Waals surface area (Å²) in [6.07, 6.45) is 1.50. The van der Waals surface area contributed by atoms with Gasteiger partial charge < -0.3 is 5.32 Å². The fraction of sp³-hybridized carbons (Fsp3) is 0.286. The summed E-state index contributed by atoms with van der Waals surface area (Å²) in [5.74, 6) is -1.15. The second-order valence-corrected chi connectivity index (χ2v) is 4.45. The van der Waals surface area contributed by atoms with Crippen LogP contribution in [0.15, 0.2) is 24.4 Å². The van der Waals surface area contributed by atoms with Crippen molar-refractivity contribution >= 4 is 11.7 Å². The minimum absolute atomic E-state index is 0.152. The first kappa shape index (κ1) is 14.2. The zero-order valence-corrected chi connectivity index (χ0v) is 11.3. The molecule has 4 nitrogen and oxygen atoms in total. The number of hydrogen-bond donors (Lipinski definition) is 1. The molecule has 0 aliphatic rings. The molecule has 0 atom stereocenters. The maximum atomic E-state index is 13.5. The third-order valence-corrected chi connectivity index (χ3v) is 2.95. The van der Waals surface area contributed by atoms with Crippen LogP contribution >= 0.6 is 0 Å². The monoisotopic (exact) mass is 279 g/mol. The van der Waals surface area contributed by atoms with Crippen molar-refractivity contribution in [1.29, 1.82) is 0 Å². The summed E-state index contributed by atoms with van der Waals surface area (Å²) < 4.78 is 27.9. The number of aromatic nitrogens is 2. The molecule has 0 aliphatic heterocycles. The van der Waals surface area contributed by atoms with Crippen LogP contribution in [-0.4, -0.2) is 15.7 Å². The van der Waals surface area contributed by atoms with Crippen LogP contribution in [0.5, 0.6) is 0 Å². The van der Waals surface area contributed by atoms with Gasteiger partial charge in [0.25, 0.3) is 0 Å². The number of carbonyl (C=O) groups excluding carboxylic acids is 1. The Morgan fingerprint density at radius 3 is 2.80 bits per heavy atom. The average molecular weight is 279 g/mol. The van der Waals surface area contributed by atoms with Crippen molar-refractivity contribution in [2.24, 2.45) is 0 Å². The molecule has 2 rings (SSSR count). The number of nitrogens with zero attached hydrogens (tertiary/aromatic N) is 2. The van der Waals surface area contributed by atoms with Gasteiger partial charge in [-0.25, -0.2) is 13.5 Å². The molecule has 0 fully saturated rings. The van der Waals surface area contributed by atoms with Crippen molar-refractivity contribution in [3.63, 3.8) is 0 Å². The highest BCUT2D eigenvalue weighted by molar-refractivity contribution is 5.92. The van der Waals surface area contributed by atoms with Crippen molar-refractivity contribution in [1.82, 2.24) is 9.78 Å². The van der Waals surface area contributed by atoms with E-state index in [-0.39, 0.29) is 17.9 Å². The fourth-order valence-electron chi connectivity index (χ4n) is 1.90. The minimum Gasteiger partial charge on any atom is -0.310 e. The lowest BCUT2D eigenvalue weighted by Gasteiger charge is -2.09. The van der Waals surface area contributed by atoms with Crippen LogP contribution in [0.25, 0.3) is 0 Å². The Morgan fingerprint density at radius 1 is 1.40 bits per heavy atom. The molecule has 0 aliphatic carbocycles. The summed E-state index contributed by atoms with van der Waals surface area (Å²) in [6.45, 7) is 4.35. The molecule has 6 heteroatoms. The van der Waals surface area contributed by atoms with Gasteiger partial charge >= 0.3 is 0 Å². The summed E-state index contributed by atoms with van der Waals surface area (Å²) in [5, 5.41) is 6.80. The number of rotatable bonds is 4. The molecule has 1 N–H and O–H groups in total. The summed E-state index contributed by atoms with van der Waals surface area (Å²) in [6, 6.07) is 3.17. The molecule has 0 radical (unpaired) electrons. The molecular formula is C14H15F2N3O. The Kier molecular flexibility index (Phi) is 4.12. The number of hydrogen-bond acceptors (Lipinski definition) is 2. The second kappa shape index (κ2) is 5.81. The first-order valence-corrected chi connectivity index (χ1v) is 6.27. The van der Waals surface area contributed by atoms with E-state index in [9.17, 15) is 13.6 Å². The van der Waals surface area contributed by atoms with Crippen LogP contribution in [-0.2, 0) is 17.8 Å². The lowest BCUT2D eigenvalue weighted by molar-refractivity contribution is -0.115. The van der Waals surface area contributed by atoms with Crippen LogP contribution in [0.2, 0.25) is 0 Å². The molecule has 0 spiro atoms. The zero-order chi connectivity index (χ0) is 14.7. The molecule has 106 valence electrons. The number of nitrogens with one attached hydrogen (secondary N) is 1. The number of halogens is 2. The maximum Gasteiger partial charge on any atom is 0.230 e. The Labute approximate surface area is 115 Å². The van der Waals surface area contributed by atoms with E-state index in [1.807, 2.05) is 13.8 Å². The summed E-state index contributed by atoms with van der Waals surface area (Å²) in [4.78, 5) is 11.9. The molecule has 0 saturated heterocycles. The van der Waals surface area contributed by atoms with Gasteiger partial charge in [0.2, 0.25) is 5.91 Å². The molecule has 20 heavy (non-hydrogen) atoms. The Balaban J connectivity index is 2.11. The normalized spacial score (nSPS) is 10.6. The van der Waals surface area contributed by atoms with Gasteiger partial charge in [-0.15, -0.1) is 0 Å². The molecule has 0 saturated carbocycles. The van der Waals surface area contributed by atoms with E-state index in [4.69, 9.17) is 0 Å². The zero-order valence-electron chi connectivity index (χ0n) is 11.3. The van der Waals surface area contributed by atoms with Crippen LogP contribution in [0, 0.1) is 18.6 Å². The smallest absolute Gasteiger partial charge is 0.230 e. The third-order valence-electron chi connectivity index (χ3n) is 2.95. The first-order chi connectivity index (χ1) is 9.51. The van der Waals surface area contributed by atoms with Gasteiger partial charge in [-0.1, -0.05) is 6.07 Å². The molecule has 1 aromatic heterocycles. The van der Waals surface area contributed by atoms with Crippen LogP contribution < -0.4 is 5.32 Å². The lowest BCUT2D eigenvalue weighted by atomic mass is 10.1. The summed E-state index contributed by atoms with van der Waals surface area (Å²) in [5.41, 5.74) is 0.990. The fourth-order valence-corrected chi connectivity index (χ4v) is 1.90. The van der Waals surface area contributed by atoms with Gasteiger partial charge in [-0.05, 0) is 25.5 Å². The van der Waals surface area contributed by atoms with E-state index in [1.165, 1.54) is 6.07 Å². The van der Waals surface area contributed by atoms with E-state index in [2.05, 4.69) is 10.4 Å². The predicted molar refractivity (Wildman–Crippen MR) is 71.3 cm³/mol. The molecular weight excluding hydrogens is 264 g/mol. The Morgan fingerprint density at radius 2 is 2.15 bits per heavy atom. The standard InChI is InChI=1S/C14H15F2N3O/c1-3-19-14(9(2)8-17-19)18-13(20)6-10-4-5-11(15)7-12(10)16/h4-5,7-8H,3,6H2,1-2H3,(H,18,20). The highest BCUT2D eigenvalue weighted by Gasteiger charge is 2.13. The van der Waals surface area contributed by atoms with Gasteiger partial charge in [0.15, 0.2) is 0 Å². The van der Waals surface area contributed by atoms with Crippen molar-refractivity contribution in [2.75, 3.05) is 5.32 Å². The number of carbonyl (C=O) groups is 1. The quantitative estimate of drug-likeness (QED) is 0.935. The van der Waals surface area contributed by atoms with Crippen molar-refractivity contribution < 1.29 is 13.6 Å². The molecule has 2 aromatic rings. The van der Waals surface area contributed by atoms with E-state index in [1.54, 1.807) is 10.9 Å². The summed E-state index contributed by atoms with van der Waals surface area (Å²) >= 11 is 0. The first-order valence-electron chi connectivity index (χ1n) is 6.27. The summed E-state index contributed by atoms with van der Waals surface area (Å²) in [7, 11) is 0. The number of amides is 1. The van der Waals surface area contributed by atoms with Crippen molar-refractivity contribution in [3.05, 3.63) is 47.2 Å². The van der Waals surface area contributed by atoms with Gasteiger partial charge in [0.05, 0.1) is 12.6 Å². The molecule has 1 aromatic carbocycles. The highest BCUT2D eigenvalue weighted by Crippen LogP contribution is 2.15. The second-order valence-electron chi connectivity index (χ2n) is 4.45. The maximum absolute atomic E-state index is 13.5. The molecule has 0 unspecified atom stereocenters. The van der Waals surface area contributed by atoms with Crippen LogP contribution in [0.3, 0.4) is 0 Å². The SMILES string of the molecule is CCn1ncc(C)c1NC(=O)Cc1ccc(F)cc1F.